The molecule has 0 aliphatic heterocycles. The van der Waals surface area contributed by atoms with Crippen molar-refractivity contribution < 1.29 is 23.9 Å². The molecule has 0 aromatic heterocycles. The summed E-state index contributed by atoms with van der Waals surface area (Å²) in [5.41, 5.74) is 6.30. The lowest BCUT2D eigenvalue weighted by Gasteiger charge is -2.13. The summed E-state index contributed by atoms with van der Waals surface area (Å²) in [6.07, 6.45) is 1.93. The molecule has 9 heteroatoms. The van der Waals surface area contributed by atoms with Gasteiger partial charge in [0.2, 0.25) is 0 Å². The van der Waals surface area contributed by atoms with E-state index in [0.29, 0.717) is 35.8 Å². The predicted molar refractivity (Wildman–Crippen MR) is 125 cm³/mol. The average molecular weight is 457 g/mol. The van der Waals surface area contributed by atoms with Crippen LogP contribution in [0.25, 0.3) is 0 Å². The summed E-state index contributed by atoms with van der Waals surface area (Å²) < 4.78 is 11.0. The van der Waals surface area contributed by atoms with E-state index in [9.17, 15) is 14.4 Å². The Bertz CT molecular complexity index is 944. The lowest BCUT2D eigenvalue weighted by atomic mass is 10.1. The van der Waals surface area contributed by atoms with Crippen LogP contribution >= 0.6 is 0 Å². The van der Waals surface area contributed by atoms with E-state index in [1.807, 2.05) is 13.8 Å². The van der Waals surface area contributed by atoms with E-state index in [1.54, 1.807) is 42.5 Å². The van der Waals surface area contributed by atoms with Crippen LogP contribution in [0.2, 0.25) is 0 Å². The van der Waals surface area contributed by atoms with E-state index >= 15 is 0 Å². The van der Waals surface area contributed by atoms with E-state index < -0.39 is 11.8 Å². The second kappa shape index (κ2) is 12.9. The largest absolute Gasteiger partial charge is 0.493 e. The molecular formula is C24H32N4O5. The molecule has 0 fully saturated rings. The molecule has 4 amide bonds. The van der Waals surface area contributed by atoms with E-state index in [4.69, 9.17) is 9.47 Å². The van der Waals surface area contributed by atoms with E-state index in [0.717, 1.165) is 18.4 Å². The molecule has 0 saturated heterocycles. The minimum Gasteiger partial charge on any atom is -0.493 e. The van der Waals surface area contributed by atoms with Crippen molar-refractivity contribution >= 4 is 17.8 Å². The van der Waals surface area contributed by atoms with Gasteiger partial charge in [0.15, 0.2) is 11.5 Å². The molecule has 178 valence electrons. The number of nitrogens with one attached hydrogen (secondary N) is 4. The predicted octanol–water partition coefficient (Wildman–Crippen LogP) is 3.16. The first kappa shape index (κ1) is 25.5. The quantitative estimate of drug-likeness (QED) is 0.324. The minimum atomic E-state index is -0.487. The first-order valence-electron chi connectivity index (χ1n) is 10.9. The monoisotopic (exact) mass is 456 g/mol. The molecule has 0 atom stereocenters. The number of methoxy groups -OCH3 is 1. The summed E-state index contributed by atoms with van der Waals surface area (Å²) in [6, 6.07) is 11.3. The van der Waals surface area contributed by atoms with Crippen LogP contribution in [0.5, 0.6) is 11.5 Å². The molecule has 9 nitrogen and oxygen atoms in total. The van der Waals surface area contributed by atoms with Crippen LogP contribution in [0.1, 0.15) is 59.9 Å². The molecule has 0 unspecified atom stereocenters. The Morgan fingerprint density at radius 3 is 2.15 bits per heavy atom. The lowest BCUT2D eigenvalue weighted by molar-refractivity contribution is 0.0846. The van der Waals surface area contributed by atoms with E-state index in [-0.39, 0.29) is 12.1 Å². The molecule has 0 spiro atoms. The number of hydrogen-bond acceptors (Lipinski definition) is 5. The van der Waals surface area contributed by atoms with Gasteiger partial charge in [0, 0.05) is 23.7 Å². The maximum absolute atomic E-state index is 12.4. The molecular weight excluding hydrogens is 424 g/mol. The van der Waals surface area contributed by atoms with Gasteiger partial charge in [-0.15, -0.1) is 0 Å². The van der Waals surface area contributed by atoms with Gasteiger partial charge in [-0.3, -0.25) is 20.4 Å². The Kier molecular flexibility index (Phi) is 10.0. The molecule has 0 bridgehead atoms. The summed E-state index contributed by atoms with van der Waals surface area (Å²) in [7, 11) is 1.50. The number of rotatable bonds is 10. The van der Waals surface area contributed by atoms with Crippen LogP contribution in [0, 0.1) is 0 Å². The van der Waals surface area contributed by atoms with Gasteiger partial charge in [-0.05, 0) is 56.2 Å². The van der Waals surface area contributed by atoms with Gasteiger partial charge in [0.05, 0.1) is 13.7 Å². The summed E-state index contributed by atoms with van der Waals surface area (Å²) in [5, 5.41) is 5.47. The number of hydrazine groups is 1. The third-order valence-corrected chi connectivity index (χ3v) is 4.56. The fourth-order valence-electron chi connectivity index (χ4n) is 2.78. The Labute approximate surface area is 194 Å². The number of carbonyl (C=O) groups is 3. The van der Waals surface area contributed by atoms with Gasteiger partial charge < -0.3 is 20.1 Å². The molecule has 0 aliphatic rings. The van der Waals surface area contributed by atoms with Crippen LogP contribution in [-0.2, 0) is 6.54 Å². The summed E-state index contributed by atoms with van der Waals surface area (Å²) in [6.45, 7) is 6.72. The smallest absolute Gasteiger partial charge is 0.315 e. The topological polar surface area (TPSA) is 118 Å². The van der Waals surface area contributed by atoms with Crippen LogP contribution < -0.4 is 31.0 Å². The number of benzene rings is 2. The number of carbonyl (C=O) groups excluding carboxylic acids is 3. The molecule has 2 aromatic rings. The van der Waals surface area contributed by atoms with Crippen molar-refractivity contribution in [1.82, 2.24) is 21.5 Å². The van der Waals surface area contributed by atoms with Gasteiger partial charge in [0.25, 0.3) is 11.8 Å². The van der Waals surface area contributed by atoms with Gasteiger partial charge in [0.1, 0.15) is 0 Å². The van der Waals surface area contributed by atoms with Crippen LogP contribution in [0.4, 0.5) is 4.79 Å². The van der Waals surface area contributed by atoms with Gasteiger partial charge in [-0.1, -0.05) is 25.5 Å². The highest BCUT2D eigenvalue weighted by atomic mass is 16.5. The highest BCUT2D eigenvalue weighted by Gasteiger charge is 2.13. The Morgan fingerprint density at radius 1 is 0.909 bits per heavy atom. The van der Waals surface area contributed by atoms with Crippen molar-refractivity contribution in [3.63, 3.8) is 0 Å². The third kappa shape index (κ3) is 8.36. The van der Waals surface area contributed by atoms with Gasteiger partial charge >= 0.3 is 6.03 Å². The number of unbranched alkanes of at least 4 members (excludes halogenated alkanes) is 1. The van der Waals surface area contributed by atoms with Gasteiger partial charge in [-0.25, -0.2) is 4.79 Å². The Balaban J connectivity index is 1.88. The van der Waals surface area contributed by atoms with E-state index in [2.05, 4.69) is 28.4 Å². The highest BCUT2D eigenvalue weighted by molar-refractivity contribution is 5.99. The molecule has 0 heterocycles. The van der Waals surface area contributed by atoms with Crippen molar-refractivity contribution in [2.24, 2.45) is 0 Å². The summed E-state index contributed by atoms with van der Waals surface area (Å²) in [4.78, 5) is 36.4. The molecule has 4 N–H and O–H groups in total. The van der Waals surface area contributed by atoms with Crippen molar-refractivity contribution in [1.29, 1.82) is 0 Å². The van der Waals surface area contributed by atoms with Crippen LogP contribution in [-0.4, -0.2) is 37.6 Å². The Morgan fingerprint density at radius 2 is 1.55 bits per heavy atom. The fraction of sp³-hybridized carbons (Fsp3) is 0.375. The molecule has 2 rings (SSSR count). The fourth-order valence-corrected chi connectivity index (χ4v) is 2.78. The maximum atomic E-state index is 12.4. The van der Waals surface area contributed by atoms with Gasteiger partial charge in [-0.2, -0.15) is 0 Å². The van der Waals surface area contributed by atoms with Crippen molar-refractivity contribution in [3.8, 4) is 11.5 Å². The average Bonchev–Trinajstić information content (AvgIpc) is 2.81. The third-order valence-electron chi connectivity index (χ3n) is 4.56. The zero-order valence-corrected chi connectivity index (χ0v) is 19.5. The lowest BCUT2D eigenvalue weighted by Crippen LogP contribution is -2.41. The summed E-state index contributed by atoms with van der Waals surface area (Å²) in [5.74, 6) is 0.0461. The zero-order chi connectivity index (χ0) is 24.2. The second-order valence-electron chi connectivity index (χ2n) is 7.65. The molecule has 0 aliphatic carbocycles. The van der Waals surface area contributed by atoms with Crippen molar-refractivity contribution in [2.45, 2.75) is 46.2 Å². The molecule has 0 radical (unpaired) electrons. The first-order valence-corrected chi connectivity index (χ1v) is 10.9. The zero-order valence-electron chi connectivity index (χ0n) is 19.5. The number of amides is 4. The van der Waals surface area contributed by atoms with Crippen LogP contribution in [0.3, 0.4) is 0 Å². The molecule has 2 aromatic carbocycles. The SMILES string of the molecule is CCCCOc1ccc(C(=O)NNC(=O)c2ccc(CNC(=O)NC(C)C)cc2)cc1OC. The minimum absolute atomic E-state index is 0.0458. The number of hydrogen-bond donors (Lipinski definition) is 4. The van der Waals surface area contributed by atoms with Crippen molar-refractivity contribution in [2.75, 3.05) is 13.7 Å². The second-order valence-corrected chi connectivity index (χ2v) is 7.65. The highest BCUT2D eigenvalue weighted by Crippen LogP contribution is 2.28. The first-order chi connectivity index (χ1) is 15.8. The van der Waals surface area contributed by atoms with E-state index in [1.165, 1.54) is 7.11 Å². The summed E-state index contributed by atoms with van der Waals surface area (Å²) >= 11 is 0. The standard InChI is InChI=1S/C24H32N4O5/c1-5-6-13-33-20-12-11-19(14-21(20)32-4)23(30)28-27-22(29)18-9-7-17(8-10-18)15-25-24(31)26-16(2)3/h7-12,14,16H,5-6,13,15H2,1-4H3,(H,27,29)(H,28,30)(H2,25,26,31). The van der Waals surface area contributed by atoms with Crippen molar-refractivity contribution in [3.05, 3.63) is 59.2 Å². The number of ether oxygens (including phenoxy) is 2. The molecule has 0 saturated carbocycles. The Hall–Kier alpha value is -3.75. The maximum Gasteiger partial charge on any atom is 0.315 e. The number of urea groups is 1. The molecule has 33 heavy (non-hydrogen) atoms. The van der Waals surface area contributed by atoms with Crippen LogP contribution in [0.15, 0.2) is 42.5 Å². The normalized spacial score (nSPS) is 10.3.